The molecule has 1 aliphatic carbocycles. The third-order valence-electron chi connectivity index (χ3n) is 7.64. The van der Waals surface area contributed by atoms with Crippen LogP contribution in [0.5, 0.6) is 0 Å². The number of aromatic nitrogens is 3. The van der Waals surface area contributed by atoms with Crippen LogP contribution in [0, 0.1) is 12.3 Å². The molecular formula is C26H24BrCl2N5. The first-order valence-corrected chi connectivity index (χ1v) is 13.0. The van der Waals surface area contributed by atoms with Crippen LogP contribution < -0.4 is 10.6 Å². The predicted molar refractivity (Wildman–Crippen MR) is 142 cm³/mol. The number of rotatable bonds is 2. The quantitative estimate of drug-likeness (QED) is 0.301. The van der Waals surface area contributed by atoms with Crippen molar-refractivity contribution in [3.05, 3.63) is 80.3 Å². The van der Waals surface area contributed by atoms with Gasteiger partial charge >= 0.3 is 0 Å². The van der Waals surface area contributed by atoms with Crippen LogP contribution in [0.2, 0.25) is 10.0 Å². The van der Waals surface area contributed by atoms with Gasteiger partial charge in [-0.2, -0.15) is 0 Å². The third kappa shape index (κ3) is 3.38. The molecular weight excluding hydrogens is 533 g/mol. The Bertz CT molecular complexity index is 1420. The Hall–Kier alpha value is -2.12. The smallest absolute Gasteiger partial charge is 0.154 e. The standard InChI is InChI=1S/C26H24BrCl2N5/c1-15-23(18-3-2-4-20(28)22(18)29)34-14-31-13-21(34)25(32-15)33-9-7-26(8-10-33)12-16-5-6-17(27)11-19(16)24(26)30/h2-6,11,13-14,24H,7-10,12,30H2,1H3/t24-/m1/s1. The summed E-state index contributed by atoms with van der Waals surface area (Å²) in [6, 6.07) is 12.3. The lowest BCUT2D eigenvalue weighted by molar-refractivity contribution is 0.187. The molecule has 1 aliphatic heterocycles. The molecule has 0 radical (unpaired) electrons. The van der Waals surface area contributed by atoms with Gasteiger partial charge in [0.15, 0.2) is 5.82 Å². The van der Waals surface area contributed by atoms with Crippen LogP contribution in [-0.4, -0.2) is 27.5 Å². The van der Waals surface area contributed by atoms with Gasteiger partial charge in [0.25, 0.3) is 0 Å². The van der Waals surface area contributed by atoms with E-state index in [1.807, 2.05) is 31.6 Å². The largest absolute Gasteiger partial charge is 0.355 e. The molecule has 4 aromatic rings. The van der Waals surface area contributed by atoms with E-state index in [0.29, 0.717) is 10.0 Å². The summed E-state index contributed by atoms with van der Waals surface area (Å²) in [5.41, 5.74) is 13.2. The number of hydrogen-bond donors (Lipinski definition) is 1. The Balaban J connectivity index is 1.33. The van der Waals surface area contributed by atoms with E-state index in [2.05, 4.69) is 48.4 Å². The van der Waals surface area contributed by atoms with Crippen LogP contribution in [0.3, 0.4) is 0 Å². The molecule has 6 rings (SSSR count). The molecule has 34 heavy (non-hydrogen) atoms. The normalized spacial score (nSPS) is 19.2. The van der Waals surface area contributed by atoms with Gasteiger partial charge in [0.1, 0.15) is 5.52 Å². The van der Waals surface area contributed by atoms with E-state index in [9.17, 15) is 0 Å². The summed E-state index contributed by atoms with van der Waals surface area (Å²) in [5, 5.41) is 1.05. The maximum atomic E-state index is 6.83. The topological polar surface area (TPSA) is 59.5 Å². The maximum absolute atomic E-state index is 6.83. The number of nitrogens with two attached hydrogens (primary N) is 1. The van der Waals surface area contributed by atoms with Crippen molar-refractivity contribution in [1.29, 1.82) is 0 Å². The lowest BCUT2D eigenvalue weighted by Crippen LogP contribution is -2.44. The molecule has 2 aromatic heterocycles. The van der Waals surface area contributed by atoms with Gasteiger partial charge < -0.3 is 10.6 Å². The number of piperidine rings is 1. The van der Waals surface area contributed by atoms with E-state index in [-0.39, 0.29) is 11.5 Å². The Morgan fingerprint density at radius 3 is 2.74 bits per heavy atom. The van der Waals surface area contributed by atoms with Crippen LogP contribution in [0.25, 0.3) is 16.8 Å². The molecule has 2 aromatic carbocycles. The second-order valence-corrected chi connectivity index (χ2v) is 11.2. The van der Waals surface area contributed by atoms with Gasteiger partial charge in [0, 0.05) is 29.2 Å². The average molecular weight is 557 g/mol. The number of imidazole rings is 1. The fourth-order valence-electron chi connectivity index (χ4n) is 5.81. The molecule has 0 unspecified atom stereocenters. The van der Waals surface area contributed by atoms with Crippen molar-refractivity contribution >= 4 is 50.5 Å². The van der Waals surface area contributed by atoms with Gasteiger partial charge in [-0.25, -0.2) is 9.97 Å². The minimum atomic E-state index is 0.0687. The predicted octanol–water partition coefficient (Wildman–Crippen LogP) is 6.62. The Kier molecular flexibility index (Phi) is 5.41. The van der Waals surface area contributed by atoms with Gasteiger partial charge in [-0.05, 0) is 60.9 Å². The van der Waals surface area contributed by atoms with Crippen molar-refractivity contribution in [2.24, 2.45) is 11.1 Å². The average Bonchev–Trinajstić information content (AvgIpc) is 3.40. The zero-order valence-electron chi connectivity index (χ0n) is 18.7. The zero-order valence-corrected chi connectivity index (χ0v) is 21.8. The molecule has 0 saturated carbocycles. The van der Waals surface area contributed by atoms with Crippen molar-refractivity contribution in [2.45, 2.75) is 32.2 Å². The number of halogens is 3. The first-order chi connectivity index (χ1) is 16.4. The fraction of sp³-hybridized carbons (Fsp3) is 0.308. The number of benzene rings is 2. The maximum Gasteiger partial charge on any atom is 0.154 e. The lowest BCUT2D eigenvalue weighted by Gasteiger charge is -2.42. The SMILES string of the molecule is Cc1nc(N2CCC3(CC2)Cc2ccc(Br)cc2[C@H]3N)c2cncn2c1-c1cccc(Cl)c1Cl. The molecule has 2 N–H and O–H groups in total. The van der Waals surface area contributed by atoms with Crippen molar-refractivity contribution < 1.29 is 0 Å². The molecule has 1 saturated heterocycles. The van der Waals surface area contributed by atoms with Crippen molar-refractivity contribution in [1.82, 2.24) is 14.4 Å². The zero-order chi connectivity index (χ0) is 23.6. The van der Waals surface area contributed by atoms with Crippen LogP contribution in [-0.2, 0) is 6.42 Å². The number of nitrogens with zero attached hydrogens (tertiary/aromatic N) is 4. The van der Waals surface area contributed by atoms with Crippen molar-refractivity contribution in [2.75, 3.05) is 18.0 Å². The minimum Gasteiger partial charge on any atom is -0.355 e. The van der Waals surface area contributed by atoms with Gasteiger partial charge in [0.2, 0.25) is 0 Å². The fourth-order valence-corrected chi connectivity index (χ4v) is 6.58. The molecule has 0 amide bonds. The Labute approximate surface area is 217 Å². The number of anilines is 1. The summed E-state index contributed by atoms with van der Waals surface area (Å²) in [7, 11) is 0. The second kappa shape index (κ2) is 8.23. The molecule has 1 spiro atoms. The molecule has 2 aliphatic rings. The molecule has 3 heterocycles. The van der Waals surface area contributed by atoms with Gasteiger partial charge in [-0.15, -0.1) is 0 Å². The van der Waals surface area contributed by atoms with Crippen LogP contribution in [0.15, 0.2) is 53.4 Å². The highest BCUT2D eigenvalue weighted by Gasteiger charge is 2.46. The molecule has 1 fully saturated rings. The van der Waals surface area contributed by atoms with E-state index in [4.69, 9.17) is 33.9 Å². The number of hydrogen-bond acceptors (Lipinski definition) is 4. The second-order valence-electron chi connectivity index (χ2n) is 9.47. The summed E-state index contributed by atoms with van der Waals surface area (Å²) in [4.78, 5) is 11.9. The van der Waals surface area contributed by atoms with E-state index >= 15 is 0 Å². The first kappa shape index (κ1) is 22.4. The first-order valence-electron chi connectivity index (χ1n) is 11.4. The highest BCUT2D eigenvalue weighted by atomic mass is 79.9. The van der Waals surface area contributed by atoms with Crippen molar-refractivity contribution in [3.63, 3.8) is 0 Å². The molecule has 1 atom stereocenters. The van der Waals surface area contributed by atoms with E-state index in [0.717, 1.165) is 65.1 Å². The molecule has 0 bridgehead atoms. The third-order valence-corrected chi connectivity index (χ3v) is 8.95. The molecule has 8 heteroatoms. The monoisotopic (exact) mass is 555 g/mol. The highest BCUT2D eigenvalue weighted by Crippen LogP contribution is 2.51. The summed E-state index contributed by atoms with van der Waals surface area (Å²) < 4.78 is 3.17. The van der Waals surface area contributed by atoms with E-state index in [1.54, 1.807) is 6.07 Å². The van der Waals surface area contributed by atoms with Crippen molar-refractivity contribution in [3.8, 4) is 11.3 Å². The van der Waals surface area contributed by atoms with Gasteiger partial charge in [0.05, 0.1) is 34.0 Å². The Morgan fingerprint density at radius 2 is 1.94 bits per heavy atom. The summed E-state index contributed by atoms with van der Waals surface area (Å²) >= 11 is 16.5. The lowest BCUT2D eigenvalue weighted by atomic mass is 9.73. The summed E-state index contributed by atoms with van der Waals surface area (Å²) in [5.74, 6) is 0.957. The van der Waals surface area contributed by atoms with Crippen LogP contribution >= 0.6 is 39.1 Å². The Morgan fingerprint density at radius 1 is 1.15 bits per heavy atom. The minimum absolute atomic E-state index is 0.0687. The molecule has 5 nitrogen and oxygen atoms in total. The summed E-state index contributed by atoms with van der Waals surface area (Å²) in [6.07, 6.45) is 6.81. The van der Waals surface area contributed by atoms with E-state index < -0.39 is 0 Å². The van der Waals surface area contributed by atoms with Crippen LogP contribution in [0.1, 0.15) is 35.7 Å². The summed E-state index contributed by atoms with van der Waals surface area (Å²) in [6.45, 7) is 3.84. The van der Waals surface area contributed by atoms with Gasteiger partial charge in [-0.1, -0.05) is 57.3 Å². The van der Waals surface area contributed by atoms with Gasteiger partial charge in [-0.3, -0.25) is 4.40 Å². The molecule has 174 valence electrons. The highest BCUT2D eigenvalue weighted by molar-refractivity contribution is 9.10. The van der Waals surface area contributed by atoms with Crippen LogP contribution in [0.4, 0.5) is 5.82 Å². The van der Waals surface area contributed by atoms with E-state index in [1.165, 1.54) is 11.1 Å². The number of aryl methyl sites for hydroxylation is 1. The number of fused-ring (bicyclic) bond motifs is 2.